The largest absolute Gasteiger partial charge is 0.407 e. The third kappa shape index (κ3) is 2.26. The highest BCUT2D eigenvalue weighted by molar-refractivity contribution is 5.28. The van der Waals surface area contributed by atoms with Gasteiger partial charge in [0.25, 0.3) is 0 Å². The SMILES string of the molecule is Cc1ccc([C@H](N)C(F)(F)F)c(F)c1F. The molecule has 84 valence electrons. The number of alkyl halides is 3. The average Bonchev–Trinajstić information content (AvgIpc) is 2.12. The number of rotatable bonds is 1. The van der Waals surface area contributed by atoms with E-state index in [1.807, 2.05) is 0 Å². The van der Waals surface area contributed by atoms with Gasteiger partial charge < -0.3 is 5.73 Å². The molecule has 0 radical (unpaired) electrons. The van der Waals surface area contributed by atoms with E-state index in [1.54, 1.807) is 0 Å². The summed E-state index contributed by atoms with van der Waals surface area (Å²) in [5.74, 6) is -2.84. The molecule has 1 atom stereocenters. The van der Waals surface area contributed by atoms with Gasteiger partial charge in [0.1, 0.15) is 6.04 Å². The topological polar surface area (TPSA) is 26.0 Å². The Hall–Kier alpha value is -1.17. The molecule has 0 saturated heterocycles. The molecule has 1 nitrogen and oxygen atoms in total. The second-order valence-corrected chi connectivity index (χ2v) is 3.12. The Morgan fingerprint density at radius 1 is 1.13 bits per heavy atom. The lowest BCUT2D eigenvalue weighted by Gasteiger charge is -2.17. The van der Waals surface area contributed by atoms with Crippen LogP contribution >= 0.6 is 0 Å². The molecule has 15 heavy (non-hydrogen) atoms. The molecule has 1 aromatic rings. The van der Waals surface area contributed by atoms with Crippen molar-refractivity contribution in [3.63, 3.8) is 0 Å². The standard InChI is InChI=1S/C9H8F5N/c1-4-2-3-5(7(11)6(4)10)8(15)9(12,13)14/h2-3,8H,15H2,1H3/t8-/m0/s1. The maximum Gasteiger partial charge on any atom is 0.407 e. The van der Waals surface area contributed by atoms with Crippen LogP contribution in [-0.2, 0) is 0 Å². The summed E-state index contributed by atoms with van der Waals surface area (Å²) in [6, 6.07) is -0.613. The zero-order valence-electron chi connectivity index (χ0n) is 7.70. The summed E-state index contributed by atoms with van der Waals surface area (Å²) in [4.78, 5) is 0. The van der Waals surface area contributed by atoms with Crippen LogP contribution in [0.2, 0.25) is 0 Å². The summed E-state index contributed by atoms with van der Waals surface area (Å²) in [6.07, 6.45) is -4.79. The van der Waals surface area contributed by atoms with E-state index in [1.165, 1.54) is 6.92 Å². The zero-order chi connectivity index (χ0) is 11.8. The quantitative estimate of drug-likeness (QED) is 0.730. The number of nitrogens with two attached hydrogens (primary N) is 1. The summed E-state index contributed by atoms with van der Waals surface area (Å²) in [7, 11) is 0. The lowest BCUT2D eigenvalue weighted by Crippen LogP contribution is -2.29. The molecular weight excluding hydrogens is 217 g/mol. The number of halogens is 5. The molecular formula is C9H8F5N. The van der Waals surface area contributed by atoms with Crippen molar-refractivity contribution in [2.24, 2.45) is 5.73 Å². The van der Waals surface area contributed by atoms with E-state index in [4.69, 9.17) is 5.73 Å². The Bertz CT molecular complexity index is 372. The molecule has 0 amide bonds. The van der Waals surface area contributed by atoms with Gasteiger partial charge in [0.2, 0.25) is 0 Å². The molecule has 1 rings (SSSR count). The first-order valence-electron chi connectivity index (χ1n) is 4.02. The van der Waals surface area contributed by atoms with Crippen LogP contribution < -0.4 is 5.73 Å². The maximum atomic E-state index is 13.1. The van der Waals surface area contributed by atoms with Crippen molar-refractivity contribution in [1.29, 1.82) is 0 Å². The molecule has 0 aromatic heterocycles. The maximum absolute atomic E-state index is 13.1. The monoisotopic (exact) mass is 225 g/mol. The van der Waals surface area contributed by atoms with E-state index in [0.717, 1.165) is 12.1 Å². The van der Waals surface area contributed by atoms with Crippen molar-refractivity contribution in [3.8, 4) is 0 Å². The van der Waals surface area contributed by atoms with Gasteiger partial charge in [-0.25, -0.2) is 8.78 Å². The van der Waals surface area contributed by atoms with E-state index in [0.29, 0.717) is 0 Å². The van der Waals surface area contributed by atoms with Gasteiger partial charge in [0.15, 0.2) is 11.6 Å². The molecule has 6 heteroatoms. The molecule has 0 heterocycles. The summed E-state index contributed by atoms with van der Waals surface area (Å²) in [6.45, 7) is 1.25. The van der Waals surface area contributed by atoms with E-state index < -0.39 is 29.4 Å². The number of benzene rings is 1. The fraction of sp³-hybridized carbons (Fsp3) is 0.333. The van der Waals surface area contributed by atoms with Crippen LogP contribution in [0.3, 0.4) is 0 Å². The number of hydrogen-bond donors (Lipinski definition) is 1. The molecule has 0 spiro atoms. The Morgan fingerprint density at radius 3 is 2.13 bits per heavy atom. The second kappa shape index (κ2) is 3.77. The van der Waals surface area contributed by atoms with Crippen LogP contribution in [0.25, 0.3) is 0 Å². The Morgan fingerprint density at radius 2 is 1.67 bits per heavy atom. The molecule has 0 aliphatic rings. The third-order valence-electron chi connectivity index (χ3n) is 1.99. The number of aryl methyl sites for hydroxylation is 1. The fourth-order valence-corrected chi connectivity index (χ4v) is 1.08. The molecule has 0 saturated carbocycles. The lowest BCUT2D eigenvalue weighted by atomic mass is 10.0. The summed E-state index contributed by atoms with van der Waals surface area (Å²) in [5.41, 5.74) is 3.81. The first-order chi connectivity index (χ1) is 6.75. The number of hydrogen-bond acceptors (Lipinski definition) is 1. The second-order valence-electron chi connectivity index (χ2n) is 3.12. The van der Waals surface area contributed by atoms with Crippen LogP contribution in [0.4, 0.5) is 22.0 Å². The van der Waals surface area contributed by atoms with Gasteiger partial charge in [-0.3, -0.25) is 0 Å². The van der Waals surface area contributed by atoms with Gasteiger partial charge in [0.05, 0.1) is 0 Å². The Kier molecular flexibility index (Phi) is 2.99. The van der Waals surface area contributed by atoms with Crippen LogP contribution in [0, 0.1) is 18.6 Å². The van der Waals surface area contributed by atoms with E-state index in [-0.39, 0.29) is 5.56 Å². The minimum absolute atomic E-state index is 0.0642. The van der Waals surface area contributed by atoms with E-state index >= 15 is 0 Å². The molecule has 2 N–H and O–H groups in total. The Labute approximate surface area is 82.7 Å². The van der Waals surface area contributed by atoms with E-state index in [2.05, 4.69) is 0 Å². The van der Waals surface area contributed by atoms with Crippen LogP contribution in [-0.4, -0.2) is 6.18 Å². The van der Waals surface area contributed by atoms with E-state index in [9.17, 15) is 22.0 Å². The first-order valence-corrected chi connectivity index (χ1v) is 4.02. The van der Waals surface area contributed by atoms with Crippen LogP contribution in [0.1, 0.15) is 17.2 Å². The molecule has 0 aliphatic carbocycles. The smallest absolute Gasteiger partial charge is 0.316 e. The highest BCUT2D eigenvalue weighted by atomic mass is 19.4. The predicted molar refractivity (Wildman–Crippen MR) is 44.1 cm³/mol. The van der Waals surface area contributed by atoms with Crippen molar-refractivity contribution in [3.05, 3.63) is 34.9 Å². The minimum Gasteiger partial charge on any atom is -0.316 e. The van der Waals surface area contributed by atoms with Gasteiger partial charge >= 0.3 is 6.18 Å². The zero-order valence-corrected chi connectivity index (χ0v) is 7.70. The normalized spacial score (nSPS) is 14.1. The van der Waals surface area contributed by atoms with Crippen molar-refractivity contribution in [1.82, 2.24) is 0 Å². The fourth-order valence-electron chi connectivity index (χ4n) is 1.08. The molecule has 0 aliphatic heterocycles. The third-order valence-corrected chi connectivity index (χ3v) is 1.99. The van der Waals surface area contributed by atoms with Gasteiger partial charge in [-0.1, -0.05) is 12.1 Å². The first kappa shape index (κ1) is 11.9. The summed E-state index contributed by atoms with van der Waals surface area (Å²) < 4.78 is 62.4. The average molecular weight is 225 g/mol. The predicted octanol–water partition coefficient (Wildman–Crippen LogP) is 2.84. The van der Waals surface area contributed by atoms with Gasteiger partial charge in [0, 0.05) is 5.56 Å². The lowest BCUT2D eigenvalue weighted by molar-refractivity contribution is -0.149. The van der Waals surface area contributed by atoms with Crippen molar-refractivity contribution >= 4 is 0 Å². The van der Waals surface area contributed by atoms with Crippen molar-refractivity contribution < 1.29 is 22.0 Å². The highest BCUT2D eigenvalue weighted by Gasteiger charge is 2.39. The summed E-state index contributed by atoms with van der Waals surface area (Å²) in [5, 5.41) is 0. The van der Waals surface area contributed by atoms with Gasteiger partial charge in [-0.05, 0) is 12.5 Å². The van der Waals surface area contributed by atoms with Crippen LogP contribution in [0.5, 0.6) is 0 Å². The van der Waals surface area contributed by atoms with Gasteiger partial charge in [-0.15, -0.1) is 0 Å². The molecule has 0 fully saturated rings. The molecule has 0 unspecified atom stereocenters. The van der Waals surface area contributed by atoms with Gasteiger partial charge in [-0.2, -0.15) is 13.2 Å². The minimum atomic E-state index is -4.79. The summed E-state index contributed by atoms with van der Waals surface area (Å²) >= 11 is 0. The van der Waals surface area contributed by atoms with Crippen LogP contribution in [0.15, 0.2) is 12.1 Å². The highest BCUT2D eigenvalue weighted by Crippen LogP contribution is 2.32. The molecule has 0 bridgehead atoms. The molecule has 1 aromatic carbocycles. The van der Waals surface area contributed by atoms with Crippen molar-refractivity contribution in [2.75, 3.05) is 0 Å². The Balaban J connectivity index is 3.23. The van der Waals surface area contributed by atoms with Crippen molar-refractivity contribution in [2.45, 2.75) is 19.1 Å².